The summed E-state index contributed by atoms with van der Waals surface area (Å²) in [6.07, 6.45) is 1.06. The van der Waals surface area contributed by atoms with Gasteiger partial charge in [0.1, 0.15) is 6.04 Å². The average Bonchev–Trinajstić information content (AvgIpc) is 2.64. The summed E-state index contributed by atoms with van der Waals surface area (Å²) in [5.41, 5.74) is 0. The van der Waals surface area contributed by atoms with Gasteiger partial charge in [0.25, 0.3) is 0 Å². The fourth-order valence-electron chi connectivity index (χ4n) is 1.17. The Morgan fingerprint density at radius 1 is 1.79 bits per heavy atom. The molecule has 4 nitrogen and oxygen atoms in total. The molecule has 80 valence electrons. The van der Waals surface area contributed by atoms with Crippen molar-refractivity contribution in [3.63, 3.8) is 0 Å². The van der Waals surface area contributed by atoms with Crippen molar-refractivity contribution >= 4 is 22.8 Å². The zero-order valence-electron chi connectivity index (χ0n) is 8.83. The van der Waals surface area contributed by atoms with E-state index in [2.05, 4.69) is 22.5 Å². The van der Waals surface area contributed by atoms with Gasteiger partial charge in [-0.1, -0.05) is 18.7 Å². The minimum atomic E-state index is -0.207. The molecule has 0 radical (unpaired) electrons. The van der Waals surface area contributed by atoms with Crippen molar-refractivity contribution < 1.29 is 4.79 Å². The van der Waals surface area contributed by atoms with Crippen LogP contribution in [0.4, 0.5) is 0 Å². The maximum Gasteiger partial charge on any atom is 0.242 e. The van der Waals surface area contributed by atoms with Gasteiger partial charge in [-0.3, -0.25) is 9.79 Å². The van der Waals surface area contributed by atoms with E-state index in [1.807, 2.05) is 6.92 Å². The van der Waals surface area contributed by atoms with Gasteiger partial charge >= 0.3 is 0 Å². The van der Waals surface area contributed by atoms with Crippen molar-refractivity contribution in [2.24, 2.45) is 4.99 Å². The van der Waals surface area contributed by atoms with E-state index in [9.17, 15) is 4.79 Å². The summed E-state index contributed by atoms with van der Waals surface area (Å²) in [5, 5.41) is 6.59. The highest BCUT2D eigenvalue weighted by Gasteiger charge is 2.19. The van der Waals surface area contributed by atoms with Crippen LogP contribution < -0.4 is 10.6 Å². The second kappa shape index (κ2) is 5.24. The van der Waals surface area contributed by atoms with E-state index in [1.54, 1.807) is 18.8 Å². The van der Waals surface area contributed by atoms with E-state index >= 15 is 0 Å². The normalized spacial score (nSPS) is 22.8. The van der Waals surface area contributed by atoms with Gasteiger partial charge in [-0.2, -0.15) is 0 Å². The minimum absolute atomic E-state index is 0.00625. The van der Waals surface area contributed by atoms with E-state index in [0.717, 1.165) is 17.3 Å². The molecule has 1 aliphatic rings. The van der Waals surface area contributed by atoms with Crippen LogP contribution >= 0.6 is 11.8 Å². The third-order valence-corrected chi connectivity index (χ3v) is 3.21. The highest BCUT2D eigenvalue weighted by Crippen LogP contribution is 2.18. The minimum Gasteiger partial charge on any atom is -0.357 e. The van der Waals surface area contributed by atoms with Gasteiger partial charge in [-0.05, 0) is 13.3 Å². The second-order valence-electron chi connectivity index (χ2n) is 3.29. The molecule has 0 bridgehead atoms. The number of aliphatic imine (C=N–C) groups is 1. The molecule has 0 aliphatic carbocycles. The lowest BCUT2D eigenvalue weighted by Gasteiger charge is -2.12. The lowest BCUT2D eigenvalue weighted by atomic mass is 10.3. The van der Waals surface area contributed by atoms with Crippen LogP contribution in [0.15, 0.2) is 4.99 Å². The molecule has 1 aliphatic heterocycles. The summed E-state index contributed by atoms with van der Waals surface area (Å²) in [6.45, 7) is 3.96. The molecule has 2 unspecified atom stereocenters. The van der Waals surface area contributed by atoms with Gasteiger partial charge in [0.2, 0.25) is 5.91 Å². The third-order valence-electron chi connectivity index (χ3n) is 2.16. The molecule has 5 heteroatoms. The van der Waals surface area contributed by atoms with Gasteiger partial charge in [0.05, 0.1) is 6.04 Å². The first-order valence-electron chi connectivity index (χ1n) is 4.86. The molecule has 0 aromatic carbocycles. The number of thioether (sulfide) groups is 1. The molecular formula is C9H17N3OS. The van der Waals surface area contributed by atoms with Gasteiger partial charge < -0.3 is 10.6 Å². The van der Waals surface area contributed by atoms with Crippen molar-refractivity contribution in [1.82, 2.24) is 10.6 Å². The molecule has 1 heterocycles. The quantitative estimate of drug-likeness (QED) is 0.724. The topological polar surface area (TPSA) is 53.5 Å². The van der Waals surface area contributed by atoms with Crippen molar-refractivity contribution in [1.29, 1.82) is 0 Å². The van der Waals surface area contributed by atoms with E-state index in [4.69, 9.17) is 0 Å². The molecule has 14 heavy (non-hydrogen) atoms. The summed E-state index contributed by atoms with van der Waals surface area (Å²) in [5.74, 6) is 1.02. The molecule has 0 spiro atoms. The highest BCUT2D eigenvalue weighted by atomic mass is 32.2. The predicted octanol–water partition coefficient (Wildman–Crippen LogP) is 0.592. The van der Waals surface area contributed by atoms with Crippen LogP contribution in [-0.2, 0) is 4.79 Å². The zero-order chi connectivity index (χ0) is 10.6. The second-order valence-corrected chi connectivity index (χ2v) is 4.30. The molecule has 2 atom stereocenters. The Labute approximate surface area is 88.9 Å². The smallest absolute Gasteiger partial charge is 0.242 e. The number of nitrogens with one attached hydrogen (secondary N) is 2. The Morgan fingerprint density at radius 3 is 3.00 bits per heavy atom. The lowest BCUT2D eigenvalue weighted by Crippen LogP contribution is -2.42. The van der Waals surface area contributed by atoms with Crippen molar-refractivity contribution in [2.45, 2.75) is 32.4 Å². The van der Waals surface area contributed by atoms with Crippen LogP contribution in [0.25, 0.3) is 0 Å². The number of nitrogens with zero attached hydrogens (tertiary/aromatic N) is 1. The molecule has 0 saturated heterocycles. The molecule has 1 rings (SSSR count). The molecule has 0 aromatic rings. The monoisotopic (exact) mass is 215 g/mol. The first-order valence-corrected chi connectivity index (χ1v) is 5.84. The molecule has 1 amide bonds. The summed E-state index contributed by atoms with van der Waals surface area (Å²) < 4.78 is 0. The average molecular weight is 215 g/mol. The number of carbonyl (C=O) groups is 1. The van der Waals surface area contributed by atoms with E-state index in [-0.39, 0.29) is 11.9 Å². The number of likely N-dealkylation sites (N-methyl/N-ethyl adjacent to an activating group) is 1. The standard InChI is InChI=1S/C9H17N3OS/c1-4-7-5-14-9(12-7)11-6(2)8(13)10-3/h6-7H,4-5H2,1-3H3,(H,10,13)(H,11,12). The Balaban J connectivity index is 2.41. The number of amidine groups is 1. The Morgan fingerprint density at radius 2 is 2.50 bits per heavy atom. The molecule has 0 saturated carbocycles. The zero-order valence-corrected chi connectivity index (χ0v) is 9.65. The molecule has 0 aromatic heterocycles. The Kier molecular flexibility index (Phi) is 4.25. The summed E-state index contributed by atoms with van der Waals surface area (Å²) in [4.78, 5) is 15.7. The van der Waals surface area contributed by atoms with Gasteiger partial charge in [0, 0.05) is 12.8 Å². The number of carbonyl (C=O) groups excluding carboxylic acids is 1. The van der Waals surface area contributed by atoms with Crippen molar-refractivity contribution in [3.8, 4) is 0 Å². The summed E-state index contributed by atoms with van der Waals surface area (Å²) >= 11 is 1.69. The lowest BCUT2D eigenvalue weighted by molar-refractivity contribution is -0.121. The molecule has 0 fully saturated rings. The maximum absolute atomic E-state index is 11.2. The van der Waals surface area contributed by atoms with Crippen LogP contribution in [0, 0.1) is 0 Å². The fraction of sp³-hybridized carbons (Fsp3) is 0.778. The maximum atomic E-state index is 11.2. The Bertz CT molecular complexity index is 242. The Hall–Kier alpha value is -0.710. The van der Waals surface area contributed by atoms with Gasteiger partial charge in [-0.25, -0.2) is 0 Å². The summed E-state index contributed by atoms with van der Waals surface area (Å²) in [7, 11) is 1.64. The fourth-order valence-corrected chi connectivity index (χ4v) is 2.32. The molecule has 2 N–H and O–H groups in total. The van der Waals surface area contributed by atoms with E-state index < -0.39 is 0 Å². The SMILES string of the molecule is CCC1CSC(NC(C)C(=O)NC)=N1. The van der Waals surface area contributed by atoms with Crippen molar-refractivity contribution in [2.75, 3.05) is 12.8 Å². The largest absolute Gasteiger partial charge is 0.357 e. The summed E-state index contributed by atoms with van der Waals surface area (Å²) in [6, 6.07) is 0.209. The van der Waals surface area contributed by atoms with Crippen LogP contribution in [0.1, 0.15) is 20.3 Å². The van der Waals surface area contributed by atoms with Crippen LogP contribution in [-0.4, -0.2) is 36.0 Å². The van der Waals surface area contributed by atoms with Gasteiger partial charge in [0.15, 0.2) is 5.17 Å². The number of hydrogen-bond acceptors (Lipinski definition) is 4. The van der Waals surface area contributed by atoms with Crippen molar-refractivity contribution in [3.05, 3.63) is 0 Å². The van der Waals surface area contributed by atoms with Crippen LogP contribution in [0.5, 0.6) is 0 Å². The van der Waals surface area contributed by atoms with E-state index in [0.29, 0.717) is 6.04 Å². The number of amides is 1. The number of hydrogen-bond donors (Lipinski definition) is 2. The number of rotatable bonds is 3. The van der Waals surface area contributed by atoms with E-state index in [1.165, 1.54) is 0 Å². The first kappa shape index (κ1) is 11.4. The van der Waals surface area contributed by atoms with Crippen LogP contribution in [0.3, 0.4) is 0 Å². The predicted molar refractivity (Wildman–Crippen MR) is 60.6 cm³/mol. The third kappa shape index (κ3) is 2.90. The van der Waals surface area contributed by atoms with Crippen LogP contribution in [0.2, 0.25) is 0 Å². The van der Waals surface area contributed by atoms with Gasteiger partial charge in [-0.15, -0.1) is 0 Å². The molecular weight excluding hydrogens is 198 g/mol. The highest BCUT2D eigenvalue weighted by molar-refractivity contribution is 8.14. The first-order chi connectivity index (χ1) is 6.67.